The smallest absolute Gasteiger partial charge is 0.0991 e. The van der Waals surface area contributed by atoms with E-state index in [0.717, 1.165) is 15.7 Å². The Hall–Kier alpha value is -1.79. The van der Waals surface area contributed by atoms with E-state index in [0.29, 0.717) is 5.56 Å². The molecule has 0 fully saturated rings. The Morgan fingerprint density at radius 1 is 1.21 bits per heavy atom. The Kier molecular flexibility index (Phi) is 4.24. The fourth-order valence-electron chi connectivity index (χ4n) is 1.94. The Morgan fingerprint density at radius 2 is 2.00 bits per heavy atom. The molecule has 0 radical (unpaired) electrons. The number of rotatable bonds is 3. The van der Waals surface area contributed by atoms with Crippen LogP contribution in [0.25, 0.3) is 0 Å². The van der Waals surface area contributed by atoms with Crippen LogP contribution in [0.4, 0.5) is 5.69 Å². The van der Waals surface area contributed by atoms with Gasteiger partial charge in [-0.3, -0.25) is 0 Å². The minimum Gasteiger partial charge on any atom is -0.378 e. The average molecular weight is 315 g/mol. The second-order valence-corrected chi connectivity index (χ2v) is 5.48. The van der Waals surface area contributed by atoms with E-state index in [1.807, 2.05) is 30.3 Å². The van der Waals surface area contributed by atoms with Crippen LogP contribution in [0.1, 0.15) is 29.7 Å². The van der Waals surface area contributed by atoms with Crippen LogP contribution in [0.5, 0.6) is 0 Å². The van der Waals surface area contributed by atoms with Crippen LogP contribution in [-0.2, 0) is 0 Å². The number of nitrogens with zero attached hydrogens (tertiary/aromatic N) is 1. The van der Waals surface area contributed by atoms with Gasteiger partial charge in [0.2, 0.25) is 0 Å². The van der Waals surface area contributed by atoms with Gasteiger partial charge in [-0.2, -0.15) is 5.26 Å². The maximum Gasteiger partial charge on any atom is 0.0991 e. The first-order valence-corrected chi connectivity index (χ1v) is 6.92. The molecule has 2 nitrogen and oxygen atoms in total. The van der Waals surface area contributed by atoms with Gasteiger partial charge < -0.3 is 5.32 Å². The summed E-state index contributed by atoms with van der Waals surface area (Å²) in [5, 5.41) is 12.4. The summed E-state index contributed by atoms with van der Waals surface area (Å²) in [7, 11) is 0. The van der Waals surface area contributed by atoms with Crippen molar-refractivity contribution in [3.63, 3.8) is 0 Å². The number of anilines is 1. The number of hydrogen-bond acceptors (Lipinski definition) is 2. The summed E-state index contributed by atoms with van der Waals surface area (Å²) in [5.41, 5.74) is 4.10. The molecule has 2 aromatic rings. The standard InChI is InChI=1S/C16H15BrN2/c1-11-6-7-15(17)9-16(11)19-12(2)14-5-3-4-13(8-14)10-18/h3-9,12,19H,1-2H3. The van der Waals surface area contributed by atoms with Gasteiger partial charge >= 0.3 is 0 Å². The molecule has 0 aliphatic carbocycles. The number of halogens is 1. The van der Waals surface area contributed by atoms with Gasteiger partial charge in [0.05, 0.1) is 11.6 Å². The summed E-state index contributed by atoms with van der Waals surface area (Å²) in [5.74, 6) is 0. The van der Waals surface area contributed by atoms with Crippen molar-refractivity contribution in [2.24, 2.45) is 0 Å². The van der Waals surface area contributed by atoms with Gasteiger partial charge in [-0.25, -0.2) is 0 Å². The van der Waals surface area contributed by atoms with Gasteiger partial charge in [-0.15, -0.1) is 0 Å². The van der Waals surface area contributed by atoms with Crippen molar-refractivity contribution < 1.29 is 0 Å². The third kappa shape index (κ3) is 3.36. The number of hydrogen-bond donors (Lipinski definition) is 1. The molecule has 0 saturated carbocycles. The number of nitriles is 1. The molecule has 0 aromatic heterocycles. The number of aryl methyl sites for hydroxylation is 1. The molecule has 2 rings (SSSR count). The molecule has 0 heterocycles. The number of benzene rings is 2. The maximum absolute atomic E-state index is 8.94. The summed E-state index contributed by atoms with van der Waals surface area (Å²) in [4.78, 5) is 0. The van der Waals surface area contributed by atoms with Gasteiger partial charge in [-0.1, -0.05) is 34.1 Å². The fourth-order valence-corrected chi connectivity index (χ4v) is 2.30. The molecule has 0 bridgehead atoms. The van der Waals surface area contributed by atoms with Crippen LogP contribution >= 0.6 is 15.9 Å². The Labute approximate surface area is 122 Å². The Bertz CT molecular complexity index is 629. The largest absolute Gasteiger partial charge is 0.378 e. The predicted octanol–water partition coefficient (Wildman–Crippen LogP) is 4.80. The third-order valence-electron chi connectivity index (χ3n) is 3.09. The van der Waals surface area contributed by atoms with Gasteiger partial charge in [0.25, 0.3) is 0 Å². The molecule has 19 heavy (non-hydrogen) atoms. The summed E-state index contributed by atoms with van der Waals surface area (Å²) >= 11 is 3.48. The first kappa shape index (κ1) is 13.6. The second-order valence-electron chi connectivity index (χ2n) is 4.56. The van der Waals surface area contributed by atoms with Crippen molar-refractivity contribution in [3.8, 4) is 6.07 Å². The highest BCUT2D eigenvalue weighted by Gasteiger charge is 2.08. The van der Waals surface area contributed by atoms with Crippen LogP contribution in [0.3, 0.4) is 0 Å². The van der Waals surface area contributed by atoms with E-state index in [2.05, 4.69) is 53.3 Å². The van der Waals surface area contributed by atoms with Crippen molar-refractivity contribution in [3.05, 3.63) is 63.6 Å². The minimum absolute atomic E-state index is 0.154. The molecule has 0 aliphatic heterocycles. The van der Waals surface area contributed by atoms with E-state index >= 15 is 0 Å². The van der Waals surface area contributed by atoms with Crippen LogP contribution in [0.2, 0.25) is 0 Å². The van der Waals surface area contributed by atoms with Crippen molar-refractivity contribution in [2.75, 3.05) is 5.32 Å². The van der Waals surface area contributed by atoms with Crippen molar-refractivity contribution in [1.29, 1.82) is 5.26 Å². The van der Waals surface area contributed by atoms with Crippen LogP contribution < -0.4 is 5.32 Å². The molecular weight excluding hydrogens is 300 g/mol. The summed E-state index contributed by atoms with van der Waals surface area (Å²) < 4.78 is 1.05. The van der Waals surface area contributed by atoms with E-state index in [-0.39, 0.29) is 6.04 Å². The van der Waals surface area contributed by atoms with Crippen LogP contribution in [-0.4, -0.2) is 0 Å². The molecular formula is C16H15BrN2. The lowest BCUT2D eigenvalue weighted by molar-refractivity contribution is 0.881. The molecule has 0 aliphatic rings. The highest BCUT2D eigenvalue weighted by Crippen LogP contribution is 2.25. The van der Waals surface area contributed by atoms with E-state index in [1.54, 1.807) is 0 Å². The third-order valence-corrected chi connectivity index (χ3v) is 3.58. The maximum atomic E-state index is 8.94. The molecule has 0 saturated heterocycles. The van der Waals surface area contributed by atoms with Crippen molar-refractivity contribution >= 4 is 21.6 Å². The Morgan fingerprint density at radius 3 is 2.74 bits per heavy atom. The summed E-state index contributed by atoms with van der Waals surface area (Å²) in [6, 6.07) is 16.2. The van der Waals surface area contributed by atoms with Crippen LogP contribution in [0, 0.1) is 18.3 Å². The zero-order chi connectivity index (χ0) is 13.8. The first-order chi connectivity index (χ1) is 9.10. The topological polar surface area (TPSA) is 35.8 Å². The zero-order valence-corrected chi connectivity index (χ0v) is 12.5. The molecule has 3 heteroatoms. The normalized spacial score (nSPS) is 11.7. The van der Waals surface area contributed by atoms with Crippen LogP contribution in [0.15, 0.2) is 46.9 Å². The van der Waals surface area contributed by atoms with E-state index in [1.165, 1.54) is 5.56 Å². The predicted molar refractivity (Wildman–Crippen MR) is 82.1 cm³/mol. The quantitative estimate of drug-likeness (QED) is 0.883. The first-order valence-electron chi connectivity index (χ1n) is 6.13. The summed E-state index contributed by atoms with van der Waals surface area (Å²) in [6.07, 6.45) is 0. The van der Waals surface area contributed by atoms with Crippen molar-refractivity contribution in [2.45, 2.75) is 19.9 Å². The van der Waals surface area contributed by atoms with E-state index in [4.69, 9.17) is 5.26 Å². The molecule has 0 spiro atoms. The number of nitrogens with one attached hydrogen (secondary N) is 1. The molecule has 96 valence electrons. The molecule has 1 atom stereocenters. The highest BCUT2D eigenvalue weighted by molar-refractivity contribution is 9.10. The molecule has 0 amide bonds. The molecule has 1 unspecified atom stereocenters. The fraction of sp³-hybridized carbons (Fsp3) is 0.188. The van der Waals surface area contributed by atoms with Gasteiger partial charge in [0.1, 0.15) is 0 Å². The van der Waals surface area contributed by atoms with Gasteiger partial charge in [0, 0.05) is 16.2 Å². The zero-order valence-electron chi connectivity index (χ0n) is 10.9. The lowest BCUT2D eigenvalue weighted by Gasteiger charge is -2.18. The monoisotopic (exact) mass is 314 g/mol. The average Bonchev–Trinajstić information content (AvgIpc) is 2.43. The van der Waals surface area contributed by atoms with Crippen molar-refractivity contribution in [1.82, 2.24) is 0 Å². The van der Waals surface area contributed by atoms with Gasteiger partial charge in [0.15, 0.2) is 0 Å². The second kappa shape index (κ2) is 5.90. The van der Waals surface area contributed by atoms with E-state index < -0.39 is 0 Å². The molecule has 2 aromatic carbocycles. The lowest BCUT2D eigenvalue weighted by Crippen LogP contribution is -2.07. The Balaban J connectivity index is 2.23. The van der Waals surface area contributed by atoms with Gasteiger partial charge in [-0.05, 0) is 49.2 Å². The lowest BCUT2D eigenvalue weighted by atomic mass is 10.0. The minimum atomic E-state index is 0.154. The van der Waals surface area contributed by atoms with E-state index in [9.17, 15) is 0 Å². The SMILES string of the molecule is Cc1ccc(Br)cc1NC(C)c1cccc(C#N)c1. The highest BCUT2D eigenvalue weighted by atomic mass is 79.9. The molecule has 1 N–H and O–H groups in total. The summed E-state index contributed by atoms with van der Waals surface area (Å²) in [6.45, 7) is 4.17.